The van der Waals surface area contributed by atoms with Gasteiger partial charge in [-0.1, -0.05) is 6.07 Å². The maximum absolute atomic E-state index is 12.3. The molecule has 1 aliphatic rings. The van der Waals surface area contributed by atoms with Gasteiger partial charge in [-0.25, -0.2) is 4.98 Å². The molecular formula is C24H23N5O2. The monoisotopic (exact) mass is 413 g/mol. The zero-order chi connectivity index (χ0) is 21.0. The van der Waals surface area contributed by atoms with Crippen molar-refractivity contribution in [2.75, 3.05) is 38.2 Å². The first-order valence-electron chi connectivity index (χ1n) is 10.3. The second kappa shape index (κ2) is 8.67. The van der Waals surface area contributed by atoms with E-state index in [1.807, 2.05) is 48.8 Å². The highest BCUT2D eigenvalue weighted by Crippen LogP contribution is 2.26. The smallest absolute Gasteiger partial charge is 0.238 e. The van der Waals surface area contributed by atoms with Crippen molar-refractivity contribution in [1.29, 1.82) is 0 Å². The SMILES string of the molecule is O=C(CN1CCOCC1)Nc1ccc(-n2cnc3ccc(-c4ccncc4)cc32)cc1. The number of pyridine rings is 1. The number of aromatic nitrogens is 3. The van der Waals surface area contributed by atoms with Crippen LogP contribution in [0, 0.1) is 0 Å². The van der Waals surface area contributed by atoms with Crippen molar-refractivity contribution in [3.63, 3.8) is 0 Å². The van der Waals surface area contributed by atoms with Gasteiger partial charge in [0.25, 0.3) is 0 Å². The van der Waals surface area contributed by atoms with Crippen molar-refractivity contribution in [1.82, 2.24) is 19.4 Å². The lowest BCUT2D eigenvalue weighted by Gasteiger charge is -2.25. The number of hydrogen-bond donors (Lipinski definition) is 1. The second-order valence-electron chi connectivity index (χ2n) is 7.54. The molecule has 0 radical (unpaired) electrons. The van der Waals surface area contributed by atoms with Gasteiger partial charge < -0.3 is 10.1 Å². The summed E-state index contributed by atoms with van der Waals surface area (Å²) in [6.07, 6.45) is 5.42. The molecule has 0 atom stereocenters. The van der Waals surface area contributed by atoms with Gasteiger partial charge in [0.1, 0.15) is 6.33 Å². The maximum Gasteiger partial charge on any atom is 0.238 e. The Labute approximate surface area is 180 Å². The van der Waals surface area contributed by atoms with E-state index < -0.39 is 0 Å². The summed E-state index contributed by atoms with van der Waals surface area (Å²) < 4.78 is 7.38. The van der Waals surface area contributed by atoms with Gasteiger partial charge in [-0.2, -0.15) is 0 Å². The van der Waals surface area contributed by atoms with Gasteiger partial charge in [-0.05, 0) is 59.7 Å². The van der Waals surface area contributed by atoms with Crippen molar-refractivity contribution in [3.05, 3.63) is 73.3 Å². The number of nitrogens with zero attached hydrogens (tertiary/aromatic N) is 4. The van der Waals surface area contributed by atoms with Crippen molar-refractivity contribution >= 4 is 22.6 Å². The van der Waals surface area contributed by atoms with E-state index in [4.69, 9.17) is 4.74 Å². The number of ether oxygens (including phenoxy) is 1. The molecule has 0 spiro atoms. The third-order valence-electron chi connectivity index (χ3n) is 5.46. The normalized spacial score (nSPS) is 14.6. The average molecular weight is 413 g/mol. The third-order valence-corrected chi connectivity index (χ3v) is 5.46. The first-order chi connectivity index (χ1) is 15.3. The Morgan fingerprint density at radius 1 is 0.968 bits per heavy atom. The number of morpholine rings is 1. The molecule has 156 valence electrons. The minimum absolute atomic E-state index is 0.00952. The molecule has 0 aliphatic carbocycles. The summed E-state index contributed by atoms with van der Waals surface area (Å²) in [5.41, 5.74) is 5.95. The fourth-order valence-electron chi connectivity index (χ4n) is 3.81. The lowest BCUT2D eigenvalue weighted by atomic mass is 10.1. The highest BCUT2D eigenvalue weighted by molar-refractivity contribution is 5.92. The molecule has 1 saturated heterocycles. The fraction of sp³-hybridized carbons (Fsp3) is 0.208. The predicted octanol–water partition coefficient (Wildman–Crippen LogP) is 3.36. The lowest BCUT2D eigenvalue weighted by molar-refractivity contribution is -0.118. The van der Waals surface area contributed by atoms with Crippen LogP contribution in [0.3, 0.4) is 0 Å². The average Bonchev–Trinajstić information content (AvgIpc) is 3.24. The van der Waals surface area contributed by atoms with E-state index in [0.717, 1.165) is 46.6 Å². The molecule has 5 rings (SSSR count). The summed E-state index contributed by atoms with van der Waals surface area (Å²) in [5, 5.41) is 2.98. The van der Waals surface area contributed by atoms with Gasteiger partial charge in [-0.3, -0.25) is 19.2 Å². The fourth-order valence-corrected chi connectivity index (χ4v) is 3.81. The van der Waals surface area contributed by atoms with Crippen molar-refractivity contribution in [3.8, 4) is 16.8 Å². The van der Waals surface area contributed by atoms with Gasteiger partial charge in [-0.15, -0.1) is 0 Å². The standard InChI is InChI=1S/C24H23N5O2/c30-24(16-28-11-13-31-14-12-28)27-20-2-4-21(5-3-20)29-17-26-22-6-1-19(15-23(22)29)18-7-9-25-10-8-18/h1-10,15,17H,11-14,16H2,(H,27,30). The minimum atomic E-state index is -0.00952. The lowest BCUT2D eigenvalue weighted by Crippen LogP contribution is -2.41. The number of imidazole rings is 1. The number of hydrogen-bond acceptors (Lipinski definition) is 5. The van der Waals surface area contributed by atoms with Crippen molar-refractivity contribution < 1.29 is 9.53 Å². The van der Waals surface area contributed by atoms with Crippen LogP contribution in [0.15, 0.2) is 73.3 Å². The molecule has 3 heterocycles. The van der Waals surface area contributed by atoms with Crippen LogP contribution < -0.4 is 5.32 Å². The van der Waals surface area contributed by atoms with Gasteiger partial charge in [0.15, 0.2) is 0 Å². The summed E-state index contributed by atoms with van der Waals surface area (Å²) >= 11 is 0. The molecule has 7 heteroatoms. The molecule has 2 aromatic heterocycles. The van der Waals surface area contributed by atoms with Crippen LogP contribution in [0.2, 0.25) is 0 Å². The maximum atomic E-state index is 12.3. The van der Waals surface area contributed by atoms with E-state index in [0.29, 0.717) is 19.8 Å². The van der Waals surface area contributed by atoms with Crippen LogP contribution in [0.1, 0.15) is 0 Å². The number of carbonyl (C=O) groups excluding carboxylic acids is 1. The van der Waals surface area contributed by atoms with Gasteiger partial charge in [0, 0.05) is 36.9 Å². The molecule has 4 aromatic rings. The number of benzene rings is 2. The van der Waals surface area contributed by atoms with Gasteiger partial charge in [0.05, 0.1) is 30.8 Å². The number of amides is 1. The first kappa shape index (κ1) is 19.4. The van der Waals surface area contributed by atoms with Crippen LogP contribution in [0.4, 0.5) is 5.69 Å². The van der Waals surface area contributed by atoms with Gasteiger partial charge >= 0.3 is 0 Å². The summed E-state index contributed by atoms with van der Waals surface area (Å²) in [4.78, 5) is 23.1. The Balaban J connectivity index is 1.34. The summed E-state index contributed by atoms with van der Waals surface area (Å²) in [5.74, 6) is -0.00952. The quantitative estimate of drug-likeness (QED) is 0.543. The zero-order valence-corrected chi connectivity index (χ0v) is 17.1. The number of nitrogens with one attached hydrogen (secondary N) is 1. The topological polar surface area (TPSA) is 72.3 Å². The summed E-state index contributed by atoms with van der Waals surface area (Å²) in [6, 6.07) is 18.1. The Kier molecular flexibility index (Phi) is 5.43. The number of fused-ring (bicyclic) bond motifs is 1. The highest BCUT2D eigenvalue weighted by atomic mass is 16.5. The number of carbonyl (C=O) groups is 1. The summed E-state index contributed by atoms with van der Waals surface area (Å²) in [6.45, 7) is 3.34. The predicted molar refractivity (Wildman–Crippen MR) is 120 cm³/mol. The van der Waals surface area contributed by atoms with Gasteiger partial charge in [0.2, 0.25) is 5.91 Å². The van der Waals surface area contributed by atoms with E-state index in [-0.39, 0.29) is 5.91 Å². The van der Waals surface area contributed by atoms with Crippen LogP contribution in [-0.4, -0.2) is 58.2 Å². The molecule has 1 aliphatic heterocycles. The van der Waals surface area contributed by atoms with E-state index in [1.165, 1.54) is 0 Å². The molecule has 1 N–H and O–H groups in total. The Hall–Kier alpha value is -3.55. The number of anilines is 1. The Morgan fingerprint density at radius 2 is 1.74 bits per heavy atom. The molecule has 0 unspecified atom stereocenters. The molecule has 1 amide bonds. The van der Waals surface area contributed by atoms with Crippen LogP contribution in [0.25, 0.3) is 27.8 Å². The zero-order valence-electron chi connectivity index (χ0n) is 17.1. The Bertz CT molecular complexity index is 1180. The van der Waals surface area contributed by atoms with E-state index >= 15 is 0 Å². The van der Waals surface area contributed by atoms with Crippen molar-refractivity contribution in [2.45, 2.75) is 0 Å². The van der Waals surface area contributed by atoms with Crippen LogP contribution in [-0.2, 0) is 9.53 Å². The van der Waals surface area contributed by atoms with E-state index in [9.17, 15) is 4.79 Å². The summed E-state index contributed by atoms with van der Waals surface area (Å²) in [7, 11) is 0. The first-order valence-corrected chi connectivity index (χ1v) is 10.3. The molecule has 0 bridgehead atoms. The molecule has 31 heavy (non-hydrogen) atoms. The molecule has 1 fully saturated rings. The molecule has 0 saturated carbocycles. The van der Waals surface area contributed by atoms with Crippen LogP contribution in [0.5, 0.6) is 0 Å². The minimum Gasteiger partial charge on any atom is -0.379 e. The van der Waals surface area contributed by atoms with E-state index in [2.05, 4.69) is 36.9 Å². The number of rotatable bonds is 5. The molecule has 7 nitrogen and oxygen atoms in total. The van der Waals surface area contributed by atoms with E-state index in [1.54, 1.807) is 12.4 Å². The molecule has 2 aromatic carbocycles. The van der Waals surface area contributed by atoms with Crippen LogP contribution >= 0.6 is 0 Å². The largest absolute Gasteiger partial charge is 0.379 e. The second-order valence-corrected chi connectivity index (χ2v) is 7.54. The highest BCUT2D eigenvalue weighted by Gasteiger charge is 2.14. The van der Waals surface area contributed by atoms with Crippen molar-refractivity contribution in [2.24, 2.45) is 0 Å². The molecular weight excluding hydrogens is 390 g/mol. The Morgan fingerprint density at radius 3 is 2.52 bits per heavy atom. The third kappa shape index (κ3) is 4.33.